The Labute approximate surface area is 160 Å². The van der Waals surface area contributed by atoms with E-state index < -0.39 is 0 Å². The van der Waals surface area contributed by atoms with E-state index in [0.717, 1.165) is 9.13 Å². The Morgan fingerprint density at radius 3 is 2.36 bits per heavy atom. The second-order valence-corrected chi connectivity index (χ2v) is 6.31. The highest BCUT2D eigenvalue weighted by Crippen LogP contribution is 2.31. The van der Waals surface area contributed by atoms with Gasteiger partial charge in [-0.2, -0.15) is 0 Å². The predicted octanol–water partition coefficient (Wildman–Crippen LogP) is 2.60. The summed E-state index contributed by atoms with van der Waals surface area (Å²) in [4.78, 5) is 24.2. The normalized spacial score (nSPS) is 10.1. The Hall–Kier alpha value is -2.29. The quantitative estimate of drug-likeness (QED) is 0.659. The van der Waals surface area contributed by atoms with E-state index >= 15 is 0 Å². The largest absolute Gasteiger partial charge is 0.493 e. The molecule has 0 unspecified atom stereocenters. The lowest BCUT2D eigenvalue weighted by molar-refractivity contribution is 0.0947. The van der Waals surface area contributed by atoms with Crippen LogP contribution in [0.5, 0.6) is 11.5 Å². The number of ether oxygens (including phenoxy) is 2. The molecule has 0 aliphatic rings. The molecule has 25 heavy (non-hydrogen) atoms. The van der Waals surface area contributed by atoms with Gasteiger partial charge in [-0.25, -0.2) is 0 Å². The fourth-order valence-electron chi connectivity index (χ4n) is 2.27. The van der Waals surface area contributed by atoms with Crippen molar-refractivity contribution in [2.24, 2.45) is 0 Å². The van der Waals surface area contributed by atoms with E-state index in [2.05, 4.69) is 33.2 Å². The van der Waals surface area contributed by atoms with Crippen LogP contribution >= 0.6 is 22.6 Å². The highest BCUT2D eigenvalue weighted by Gasteiger charge is 2.15. The van der Waals surface area contributed by atoms with Crippen molar-refractivity contribution in [2.45, 2.75) is 6.54 Å². The van der Waals surface area contributed by atoms with Crippen molar-refractivity contribution in [2.75, 3.05) is 21.3 Å². The Bertz CT molecular complexity index is 793. The summed E-state index contributed by atoms with van der Waals surface area (Å²) in [5, 5.41) is 5.43. The SMILES string of the molecule is CNC(=O)c1cccc(CNC(=O)c2cc(OC)c(OC)cc2I)c1. The van der Waals surface area contributed by atoms with Crippen molar-refractivity contribution in [3.05, 3.63) is 56.7 Å². The zero-order chi connectivity index (χ0) is 18.4. The summed E-state index contributed by atoms with van der Waals surface area (Å²) in [6.07, 6.45) is 0. The van der Waals surface area contributed by atoms with Crippen molar-refractivity contribution < 1.29 is 19.1 Å². The topological polar surface area (TPSA) is 76.7 Å². The van der Waals surface area contributed by atoms with E-state index in [-0.39, 0.29) is 11.8 Å². The Balaban J connectivity index is 2.14. The first kappa shape index (κ1) is 19.0. The summed E-state index contributed by atoms with van der Waals surface area (Å²) < 4.78 is 11.2. The van der Waals surface area contributed by atoms with Gasteiger partial charge in [0.2, 0.25) is 0 Å². The molecule has 2 N–H and O–H groups in total. The second kappa shape index (κ2) is 8.70. The number of rotatable bonds is 6. The number of halogens is 1. The smallest absolute Gasteiger partial charge is 0.252 e. The number of hydrogen-bond donors (Lipinski definition) is 2. The van der Waals surface area contributed by atoms with Crippen LogP contribution in [-0.2, 0) is 6.54 Å². The van der Waals surface area contributed by atoms with Crippen LogP contribution in [0.1, 0.15) is 26.3 Å². The van der Waals surface area contributed by atoms with Crippen LogP contribution in [0.25, 0.3) is 0 Å². The van der Waals surface area contributed by atoms with Gasteiger partial charge < -0.3 is 20.1 Å². The van der Waals surface area contributed by atoms with Gasteiger partial charge in [-0.15, -0.1) is 0 Å². The van der Waals surface area contributed by atoms with Crippen molar-refractivity contribution in [3.8, 4) is 11.5 Å². The van der Waals surface area contributed by atoms with Crippen molar-refractivity contribution >= 4 is 34.4 Å². The van der Waals surface area contributed by atoms with E-state index in [4.69, 9.17) is 9.47 Å². The molecular formula is C18H19IN2O4. The number of hydrogen-bond acceptors (Lipinski definition) is 4. The van der Waals surface area contributed by atoms with Gasteiger partial charge in [0.25, 0.3) is 11.8 Å². The Morgan fingerprint density at radius 1 is 1.04 bits per heavy atom. The van der Waals surface area contributed by atoms with Gasteiger partial charge in [0, 0.05) is 22.7 Å². The van der Waals surface area contributed by atoms with Crippen LogP contribution in [0.4, 0.5) is 0 Å². The Kier molecular flexibility index (Phi) is 6.63. The molecule has 0 aliphatic heterocycles. The summed E-state index contributed by atoms with van der Waals surface area (Å²) in [6.45, 7) is 0.314. The predicted molar refractivity (Wildman–Crippen MR) is 103 cm³/mol. The number of amides is 2. The fourth-order valence-corrected chi connectivity index (χ4v) is 2.96. The van der Waals surface area contributed by atoms with Crippen LogP contribution in [0.2, 0.25) is 0 Å². The molecule has 0 saturated carbocycles. The summed E-state index contributed by atoms with van der Waals surface area (Å²) >= 11 is 2.08. The first-order valence-electron chi connectivity index (χ1n) is 7.51. The summed E-state index contributed by atoms with van der Waals surface area (Å²) in [7, 11) is 4.65. The third-order valence-electron chi connectivity index (χ3n) is 3.59. The van der Waals surface area contributed by atoms with Gasteiger partial charge in [-0.3, -0.25) is 9.59 Å². The molecule has 2 aromatic rings. The number of benzene rings is 2. The van der Waals surface area contributed by atoms with Crippen LogP contribution in [-0.4, -0.2) is 33.1 Å². The molecule has 0 saturated heterocycles. The monoisotopic (exact) mass is 454 g/mol. The lowest BCUT2D eigenvalue weighted by Crippen LogP contribution is -2.24. The number of methoxy groups -OCH3 is 2. The summed E-state index contributed by atoms with van der Waals surface area (Å²) in [5.41, 5.74) is 1.89. The van der Waals surface area contributed by atoms with Gasteiger partial charge in [-0.05, 0) is 52.4 Å². The van der Waals surface area contributed by atoms with Crippen LogP contribution in [0, 0.1) is 3.57 Å². The average Bonchev–Trinajstić information content (AvgIpc) is 2.65. The number of carbonyl (C=O) groups excluding carboxylic acids is 2. The van der Waals surface area contributed by atoms with Gasteiger partial charge in [0.1, 0.15) is 0 Å². The maximum absolute atomic E-state index is 12.5. The molecule has 0 spiro atoms. The number of nitrogens with one attached hydrogen (secondary N) is 2. The highest BCUT2D eigenvalue weighted by atomic mass is 127. The lowest BCUT2D eigenvalue weighted by Gasteiger charge is -2.12. The van der Waals surface area contributed by atoms with Crippen LogP contribution in [0.3, 0.4) is 0 Å². The zero-order valence-electron chi connectivity index (χ0n) is 14.2. The fraction of sp³-hybridized carbons (Fsp3) is 0.222. The average molecular weight is 454 g/mol. The third-order valence-corrected chi connectivity index (χ3v) is 4.48. The molecule has 2 rings (SSSR count). The first-order chi connectivity index (χ1) is 12.0. The summed E-state index contributed by atoms with van der Waals surface area (Å²) in [5.74, 6) is 0.676. The molecule has 0 bridgehead atoms. The first-order valence-corrected chi connectivity index (χ1v) is 8.58. The van der Waals surface area contributed by atoms with E-state index in [1.807, 2.05) is 6.07 Å². The molecule has 0 radical (unpaired) electrons. The lowest BCUT2D eigenvalue weighted by atomic mass is 10.1. The van der Waals surface area contributed by atoms with Crippen molar-refractivity contribution in [1.29, 1.82) is 0 Å². The van der Waals surface area contributed by atoms with Gasteiger partial charge >= 0.3 is 0 Å². The Morgan fingerprint density at radius 2 is 1.72 bits per heavy atom. The van der Waals surface area contributed by atoms with Gasteiger partial charge in [0.05, 0.1) is 19.8 Å². The molecule has 0 heterocycles. The van der Waals surface area contributed by atoms with Gasteiger partial charge in [0.15, 0.2) is 11.5 Å². The molecule has 132 valence electrons. The minimum Gasteiger partial charge on any atom is -0.493 e. The third kappa shape index (κ3) is 4.62. The zero-order valence-corrected chi connectivity index (χ0v) is 16.3. The molecule has 6 nitrogen and oxygen atoms in total. The molecule has 0 aromatic heterocycles. The van der Waals surface area contributed by atoms with E-state index in [0.29, 0.717) is 29.2 Å². The van der Waals surface area contributed by atoms with E-state index in [9.17, 15) is 9.59 Å². The standard InChI is InChI=1S/C18H19IN2O4/c1-20-17(22)12-6-4-5-11(7-12)10-21-18(23)13-8-15(24-2)16(25-3)9-14(13)19/h4-9H,10H2,1-3H3,(H,20,22)(H,21,23). The molecule has 0 aliphatic carbocycles. The number of carbonyl (C=O) groups is 2. The molecule has 0 atom stereocenters. The van der Waals surface area contributed by atoms with Crippen LogP contribution < -0.4 is 20.1 Å². The molecule has 0 fully saturated rings. The maximum atomic E-state index is 12.5. The van der Waals surface area contributed by atoms with E-state index in [1.165, 1.54) is 7.11 Å². The van der Waals surface area contributed by atoms with Gasteiger partial charge in [-0.1, -0.05) is 12.1 Å². The van der Waals surface area contributed by atoms with Crippen molar-refractivity contribution in [1.82, 2.24) is 10.6 Å². The van der Waals surface area contributed by atoms with Crippen molar-refractivity contribution in [3.63, 3.8) is 0 Å². The molecular weight excluding hydrogens is 435 g/mol. The summed E-state index contributed by atoms with van der Waals surface area (Å²) in [6, 6.07) is 10.5. The van der Waals surface area contributed by atoms with E-state index in [1.54, 1.807) is 44.5 Å². The second-order valence-electron chi connectivity index (χ2n) is 5.15. The highest BCUT2D eigenvalue weighted by molar-refractivity contribution is 14.1. The molecule has 7 heteroatoms. The maximum Gasteiger partial charge on any atom is 0.252 e. The molecule has 2 aromatic carbocycles. The molecule has 2 amide bonds. The minimum absolute atomic E-state index is 0.164. The minimum atomic E-state index is -0.226. The van der Waals surface area contributed by atoms with Crippen LogP contribution in [0.15, 0.2) is 36.4 Å².